The molecule has 28 heavy (non-hydrogen) atoms. The molecule has 0 saturated heterocycles. The molecule has 0 aliphatic carbocycles. The fourth-order valence-corrected chi connectivity index (χ4v) is 2.67. The number of hydrogen-bond donors (Lipinski definition) is 0. The van der Waals surface area contributed by atoms with Crippen molar-refractivity contribution in [3.05, 3.63) is 70.8 Å². The molecule has 0 spiro atoms. The summed E-state index contributed by atoms with van der Waals surface area (Å²) >= 11 is 5.16. The van der Waals surface area contributed by atoms with E-state index in [0.29, 0.717) is 17.0 Å². The second-order valence-electron chi connectivity index (χ2n) is 5.75. The largest absolute Gasteiger partial charge is 0.485 e. The van der Waals surface area contributed by atoms with Gasteiger partial charge in [-0.2, -0.15) is 13.2 Å². The molecular formula is C20H19F3N2O2S. The summed E-state index contributed by atoms with van der Waals surface area (Å²) in [5.41, 5.74) is 1.95. The lowest BCUT2D eigenvalue weighted by atomic mass is 10.0. The van der Waals surface area contributed by atoms with Crippen molar-refractivity contribution in [3.63, 3.8) is 0 Å². The second-order valence-corrected chi connectivity index (χ2v) is 6.12. The Kier molecular flexibility index (Phi) is 7.28. The molecular weight excluding hydrogens is 389 g/mol. The number of ether oxygens (including phenoxy) is 1. The maximum Gasteiger partial charge on any atom is 0.416 e. The summed E-state index contributed by atoms with van der Waals surface area (Å²) in [6, 6.07) is 12.2. The Balaban J connectivity index is 2.18. The molecule has 2 aromatic carbocycles. The average molecular weight is 408 g/mol. The predicted octanol–water partition coefficient (Wildman–Crippen LogP) is 5.04. The van der Waals surface area contributed by atoms with Gasteiger partial charge in [0.05, 0.1) is 18.4 Å². The van der Waals surface area contributed by atoms with Crippen molar-refractivity contribution in [2.24, 2.45) is 10.1 Å². The van der Waals surface area contributed by atoms with Crippen LogP contribution in [0.2, 0.25) is 0 Å². The van der Waals surface area contributed by atoms with Crippen molar-refractivity contribution in [2.45, 2.75) is 19.7 Å². The Labute approximate surface area is 166 Å². The van der Waals surface area contributed by atoms with Gasteiger partial charge < -0.3 is 9.57 Å². The third kappa shape index (κ3) is 5.39. The van der Waals surface area contributed by atoms with Crippen LogP contribution < -0.4 is 0 Å². The summed E-state index contributed by atoms with van der Waals surface area (Å²) in [5, 5.41) is 4.20. The number of rotatable bonds is 6. The lowest BCUT2D eigenvalue weighted by Crippen LogP contribution is -2.17. The minimum absolute atomic E-state index is 0.0951. The zero-order valence-electron chi connectivity index (χ0n) is 15.6. The summed E-state index contributed by atoms with van der Waals surface area (Å²) in [7, 11) is 3.07. The maximum atomic E-state index is 12.8. The smallest absolute Gasteiger partial charge is 0.416 e. The highest BCUT2D eigenvalue weighted by Crippen LogP contribution is 2.29. The minimum Gasteiger partial charge on any atom is -0.485 e. The van der Waals surface area contributed by atoms with Crippen molar-refractivity contribution in [1.82, 2.24) is 0 Å². The van der Waals surface area contributed by atoms with E-state index in [1.54, 1.807) is 20.0 Å². The van der Waals surface area contributed by atoms with E-state index in [4.69, 9.17) is 21.8 Å². The first-order valence-electron chi connectivity index (χ1n) is 8.25. The van der Waals surface area contributed by atoms with E-state index in [1.165, 1.54) is 13.2 Å². The molecule has 148 valence electrons. The average Bonchev–Trinajstić information content (AvgIpc) is 2.68. The van der Waals surface area contributed by atoms with Gasteiger partial charge in [-0.25, -0.2) is 0 Å². The number of hydrogen-bond acceptors (Lipinski definition) is 5. The Morgan fingerprint density at radius 1 is 1.11 bits per heavy atom. The summed E-state index contributed by atoms with van der Waals surface area (Å²) in [6.45, 7) is 1.68. The fraction of sp³-hybridized carbons (Fsp3) is 0.250. The summed E-state index contributed by atoms with van der Waals surface area (Å²) in [5.74, 6) is 0. The molecule has 0 radical (unpaired) electrons. The SMILES string of the molecule is CN=C(C(=S)OC)c1ccccc1CO/N=C(/C)c1cccc(C(F)(F)F)c1. The van der Waals surface area contributed by atoms with Gasteiger partial charge in [0.25, 0.3) is 0 Å². The highest BCUT2D eigenvalue weighted by Gasteiger charge is 2.30. The van der Waals surface area contributed by atoms with Gasteiger partial charge in [0.1, 0.15) is 12.3 Å². The van der Waals surface area contributed by atoms with E-state index < -0.39 is 11.7 Å². The van der Waals surface area contributed by atoms with Crippen LogP contribution in [0, 0.1) is 0 Å². The number of aliphatic imine (C=N–C) groups is 1. The third-order valence-corrected chi connectivity index (χ3v) is 4.26. The van der Waals surface area contributed by atoms with Gasteiger partial charge in [-0.3, -0.25) is 4.99 Å². The molecule has 0 aliphatic heterocycles. The molecule has 0 aliphatic rings. The van der Waals surface area contributed by atoms with Crippen molar-refractivity contribution < 1.29 is 22.7 Å². The van der Waals surface area contributed by atoms with E-state index in [1.807, 2.05) is 24.3 Å². The van der Waals surface area contributed by atoms with E-state index in [0.717, 1.165) is 23.3 Å². The molecule has 0 atom stereocenters. The lowest BCUT2D eigenvalue weighted by Gasteiger charge is -2.12. The number of thiocarbonyl (C=S) groups is 1. The monoisotopic (exact) mass is 408 g/mol. The summed E-state index contributed by atoms with van der Waals surface area (Å²) in [6.07, 6.45) is -4.41. The van der Waals surface area contributed by atoms with Gasteiger partial charge >= 0.3 is 6.18 Å². The van der Waals surface area contributed by atoms with Crippen LogP contribution in [0.25, 0.3) is 0 Å². The Bertz CT molecular complexity index is 908. The standard InChI is InChI=1S/C20H19F3N2O2S/c1-13(14-8-6-9-16(11-14)20(21,22)23)25-27-12-15-7-4-5-10-17(15)18(24-2)19(28)26-3/h4-11H,12H2,1-3H3/b24-18?,25-13-. The number of halogens is 3. The van der Waals surface area contributed by atoms with Crippen LogP contribution in [0.5, 0.6) is 0 Å². The minimum atomic E-state index is -4.41. The van der Waals surface area contributed by atoms with Crippen molar-refractivity contribution in [1.29, 1.82) is 0 Å². The lowest BCUT2D eigenvalue weighted by molar-refractivity contribution is -0.137. The highest BCUT2D eigenvalue weighted by molar-refractivity contribution is 7.81. The molecule has 0 bridgehead atoms. The second kappa shape index (κ2) is 9.45. The van der Waals surface area contributed by atoms with E-state index in [2.05, 4.69) is 10.1 Å². The van der Waals surface area contributed by atoms with E-state index in [-0.39, 0.29) is 11.7 Å². The topological polar surface area (TPSA) is 43.2 Å². The first-order chi connectivity index (χ1) is 13.3. The van der Waals surface area contributed by atoms with Crippen molar-refractivity contribution in [2.75, 3.05) is 14.2 Å². The quantitative estimate of drug-likeness (QED) is 0.382. The molecule has 0 heterocycles. The number of methoxy groups -OCH3 is 1. The van der Waals surface area contributed by atoms with Gasteiger partial charge in [0, 0.05) is 18.2 Å². The number of alkyl halides is 3. The Morgan fingerprint density at radius 3 is 2.46 bits per heavy atom. The molecule has 2 aromatic rings. The van der Waals surface area contributed by atoms with Gasteiger partial charge in [0.2, 0.25) is 5.05 Å². The Hall–Kier alpha value is -2.74. The molecule has 8 heteroatoms. The van der Waals surface area contributed by atoms with Crippen molar-refractivity contribution in [3.8, 4) is 0 Å². The number of benzene rings is 2. The van der Waals surface area contributed by atoms with Gasteiger partial charge in [-0.05, 0) is 36.8 Å². The normalized spacial score (nSPS) is 12.6. The van der Waals surface area contributed by atoms with E-state index in [9.17, 15) is 13.2 Å². The highest BCUT2D eigenvalue weighted by atomic mass is 32.1. The number of oxime groups is 1. The van der Waals surface area contributed by atoms with Crippen LogP contribution in [0.15, 0.2) is 58.7 Å². The zero-order chi connectivity index (χ0) is 20.7. The van der Waals surface area contributed by atoms with E-state index >= 15 is 0 Å². The van der Waals surface area contributed by atoms with Crippen LogP contribution in [0.3, 0.4) is 0 Å². The summed E-state index contributed by atoms with van der Waals surface area (Å²) in [4.78, 5) is 9.54. The molecule has 0 aromatic heterocycles. The first kappa shape index (κ1) is 21.6. The fourth-order valence-electron chi connectivity index (χ4n) is 2.47. The molecule has 0 N–H and O–H groups in total. The number of nitrogens with zero attached hydrogens (tertiary/aromatic N) is 2. The van der Waals surface area contributed by atoms with Crippen LogP contribution >= 0.6 is 12.2 Å². The van der Waals surface area contributed by atoms with Gasteiger partial charge in [0.15, 0.2) is 0 Å². The Morgan fingerprint density at radius 2 is 1.82 bits per heavy atom. The van der Waals surface area contributed by atoms with Gasteiger partial charge in [-0.1, -0.05) is 41.6 Å². The maximum absolute atomic E-state index is 12.8. The van der Waals surface area contributed by atoms with Crippen LogP contribution in [0.1, 0.15) is 29.2 Å². The third-order valence-electron chi connectivity index (χ3n) is 3.90. The zero-order valence-corrected chi connectivity index (χ0v) is 16.4. The first-order valence-corrected chi connectivity index (χ1v) is 8.66. The predicted molar refractivity (Wildman–Crippen MR) is 107 cm³/mol. The molecule has 4 nitrogen and oxygen atoms in total. The molecule has 0 fully saturated rings. The van der Waals surface area contributed by atoms with Crippen LogP contribution in [0.4, 0.5) is 13.2 Å². The summed E-state index contributed by atoms with van der Waals surface area (Å²) < 4.78 is 43.6. The van der Waals surface area contributed by atoms with Crippen molar-refractivity contribution >= 4 is 28.7 Å². The molecule has 0 unspecified atom stereocenters. The molecule has 0 saturated carbocycles. The van der Waals surface area contributed by atoms with Crippen LogP contribution in [-0.2, 0) is 22.4 Å². The van der Waals surface area contributed by atoms with Crippen LogP contribution in [-0.4, -0.2) is 30.6 Å². The van der Waals surface area contributed by atoms with Gasteiger partial charge in [-0.15, -0.1) is 0 Å². The molecule has 0 amide bonds. The molecule has 2 rings (SSSR count).